The lowest BCUT2D eigenvalue weighted by atomic mass is 10.2. The molecule has 0 fully saturated rings. The van der Waals surface area contributed by atoms with Crippen LogP contribution in [0.5, 0.6) is 0 Å². The summed E-state index contributed by atoms with van der Waals surface area (Å²) >= 11 is 1.70. The van der Waals surface area contributed by atoms with Gasteiger partial charge in [0.1, 0.15) is 6.26 Å². The predicted molar refractivity (Wildman–Crippen MR) is 75.3 cm³/mol. The summed E-state index contributed by atoms with van der Waals surface area (Å²) in [5.74, 6) is 0.768. The van der Waals surface area contributed by atoms with E-state index in [1.54, 1.807) is 38.0 Å². The molecule has 106 valence electrons. The van der Waals surface area contributed by atoms with Crippen molar-refractivity contribution in [1.82, 2.24) is 4.90 Å². The van der Waals surface area contributed by atoms with Gasteiger partial charge in [-0.25, -0.2) is 4.79 Å². The highest BCUT2D eigenvalue weighted by Gasteiger charge is 2.28. The fourth-order valence-electron chi connectivity index (χ4n) is 1.95. The van der Waals surface area contributed by atoms with Crippen molar-refractivity contribution in [1.29, 1.82) is 0 Å². The van der Waals surface area contributed by atoms with Gasteiger partial charge in [-0.3, -0.25) is 4.90 Å². The van der Waals surface area contributed by atoms with E-state index in [1.807, 2.05) is 6.08 Å². The second-order valence-corrected chi connectivity index (χ2v) is 6.01. The number of fused-ring (bicyclic) bond motifs is 1. The van der Waals surface area contributed by atoms with Crippen molar-refractivity contribution in [3.05, 3.63) is 47.1 Å². The lowest BCUT2D eigenvalue weighted by Gasteiger charge is -2.20. The second kappa shape index (κ2) is 4.94. The Morgan fingerprint density at radius 2 is 2.40 bits per heavy atom. The Morgan fingerprint density at radius 1 is 1.55 bits per heavy atom. The van der Waals surface area contributed by atoms with Crippen LogP contribution in [0.4, 0.5) is 4.79 Å². The Kier molecular flexibility index (Phi) is 3.25. The summed E-state index contributed by atoms with van der Waals surface area (Å²) in [7, 11) is 0. The van der Waals surface area contributed by atoms with Crippen LogP contribution in [0.2, 0.25) is 0 Å². The number of amides is 1. The molecule has 3 rings (SSSR count). The number of hydrogen-bond acceptors (Lipinski definition) is 5. The Bertz CT molecular complexity index is 560. The predicted octanol–water partition coefficient (Wildman–Crippen LogP) is 3.09. The average Bonchev–Trinajstić information content (AvgIpc) is 3.01. The first-order chi connectivity index (χ1) is 9.53. The summed E-state index contributed by atoms with van der Waals surface area (Å²) in [6.45, 7) is 3.65. The molecule has 20 heavy (non-hydrogen) atoms. The van der Waals surface area contributed by atoms with Crippen LogP contribution in [0.1, 0.15) is 13.8 Å². The minimum atomic E-state index is -0.686. The zero-order valence-electron chi connectivity index (χ0n) is 11.3. The van der Waals surface area contributed by atoms with E-state index < -0.39 is 11.9 Å². The third-order valence-corrected chi connectivity index (χ3v) is 3.88. The molecule has 0 atom stereocenters. The number of nitrogens with zero attached hydrogens (tertiary/aromatic N) is 1. The van der Waals surface area contributed by atoms with Crippen molar-refractivity contribution in [2.24, 2.45) is 0 Å². The van der Waals surface area contributed by atoms with E-state index in [9.17, 15) is 4.79 Å². The number of hydrogen-bond donors (Lipinski definition) is 0. The minimum Gasteiger partial charge on any atom is -0.457 e. The number of ether oxygens (including phenoxy) is 3. The van der Waals surface area contributed by atoms with Crippen LogP contribution in [-0.4, -0.2) is 29.1 Å². The molecular weight excluding hydrogens is 278 g/mol. The SMILES string of the molecule is CC1(C)OC=C(COC(=O)N2C=CC3=CCSC3=C2)O1. The van der Waals surface area contributed by atoms with Crippen molar-refractivity contribution in [2.75, 3.05) is 12.4 Å². The molecule has 0 saturated carbocycles. The van der Waals surface area contributed by atoms with Crippen molar-refractivity contribution < 1.29 is 19.0 Å². The molecular formula is C14H15NO4S. The third kappa shape index (κ3) is 2.70. The molecule has 0 aromatic carbocycles. The fraction of sp³-hybridized carbons (Fsp3) is 0.357. The maximum Gasteiger partial charge on any atom is 0.418 e. The van der Waals surface area contributed by atoms with Gasteiger partial charge < -0.3 is 14.2 Å². The Hall–Kier alpha value is -1.82. The van der Waals surface area contributed by atoms with Crippen molar-refractivity contribution >= 4 is 17.9 Å². The molecule has 1 amide bonds. The van der Waals surface area contributed by atoms with Crippen LogP contribution in [0.3, 0.4) is 0 Å². The molecule has 0 unspecified atom stereocenters. The van der Waals surface area contributed by atoms with Crippen molar-refractivity contribution in [2.45, 2.75) is 19.6 Å². The maximum atomic E-state index is 12.0. The summed E-state index contributed by atoms with van der Waals surface area (Å²) in [6.07, 6.45) is 8.57. The van der Waals surface area contributed by atoms with Gasteiger partial charge in [-0.05, 0) is 11.6 Å². The molecule has 0 bridgehead atoms. The third-order valence-electron chi connectivity index (χ3n) is 2.90. The maximum absolute atomic E-state index is 12.0. The molecule has 0 saturated heterocycles. The fourth-order valence-corrected chi connectivity index (χ4v) is 2.90. The molecule has 0 aromatic rings. The highest BCUT2D eigenvalue weighted by Crippen LogP contribution is 2.34. The molecule has 0 radical (unpaired) electrons. The molecule has 0 aromatic heterocycles. The van der Waals surface area contributed by atoms with Crippen LogP contribution in [0.15, 0.2) is 47.1 Å². The smallest absolute Gasteiger partial charge is 0.418 e. The number of thioether (sulfide) groups is 1. The average molecular weight is 293 g/mol. The van der Waals surface area contributed by atoms with Gasteiger partial charge in [-0.15, -0.1) is 11.8 Å². The zero-order chi connectivity index (χ0) is 14.2. The summed E-state index contributed by atoms with van der Waals surface area (Å²) in [6, 6.07) is 0. The molecule has 3 aliphatic heterocycles. The van der Waals surface area contributed by atoms with Crippen molar-refractivity contribution in [3.8, 4) is 0 Å². The minimum absolute atomic E-state index is 0.0611. The van der Waals surface area contributed by atoms with Gasteiger partial charge in [0, 0.05) is 36.9 Å². The molecule has 5 nitrogen and oxygen atoms in total. The number of allylic oxidation sites excluding steroid dienone is 2. The van der Waals surface area contributed by atoms with Gasteiger partial charge in [-0.2, -0.15) is 0 Å². The lowest BCUT2D eigenvalue weighted by molar-refractivity contribution is -0.120. The Morgan fingerprint density at radius 3 is 3.15 bits per heavy atom. The molecule has 6 heteroatoms. The first kappa shape index (κ1) is 13.2. The monoisotopic (exact) mass is 293 g/mol. The van der Waals surface area contributed by atoms with Gasteiger partial charge in [0.05, 0.1) is 0 Å². The van der Waals surface area contributed by atoms with E-state index in [0.29, 0.717) is 5.76 Å². The van der Waals surface area contributed by atoms with E-state index in [2.05, 4.69) is 6.08 Å². The van der Waals surface area contributed by atoms with Gasteiger partial charge in [0.2, 0.25) is 5.79 Å². The van der Waals surface area contributed by atoms with Gasteiger partial charge in [-0.1, -0.05) is 6.08 Å². The molecule has 0 N–H and O–H groups in total. The Labute approximate surface area is 121 Å². The summed E-state index contributed by atoms with van der Waals surface area (Å²) < 4.78 is 15.9. The summed E-state index contributed by atoms with van der Waals surface area (Å²) in [5, 5.41) is 0. The summed E-state index contributed by atoms with van der Waals surface area (Å²) in [4.78, 5) is 14.5. The highest BCUT2D eigenvalue weighted by atomic mass is 32.2. The number of rotatable bonds is 2. The highest BCUT2D eigenvalue weighted by molar-refractivity contribution is 8.03. The van der Waals surface area contributed by atoms with Crippen LogP contribution >= 0.6 is 11.8 Å². The van der Waals surface area contributed by atoms with E-state index in [1.165, 1.54) is 11.2 Å². The van der Waals surface area contributed by atoms with Gasteiger partial charge in [0.15, 0.2) is 12.4 Å². The topological polar surface area (TPSA) is 48.0 Å². The lowest BCUT2D eigenvalue weighted by Crippen LogP contribution is -2.25. The van der Waals surface area contributed by atoms with Crippen LogP contribution in [-0.2, 0) is 14.2 Å². The molecule has 3 aliphatic rings. The van der Waals surface area contributed by atoms with E-state index >= 15 is 0 Å². The van der Waals surface area contributed by atoms with E-state index in [-0.39, 0.29) is 6.61 Å². The quantitative estimate of drug-likeness (QED) is 0.783. The van der Waals surface area contributed by atoms with Crippen LogP contribution in [0.25, 0.3) is 0 Å². The Balaban J connectivity index is 1.55. The van der Waals surface area contributed by atoms with Crippen LogP contribution in [0, 0.1) is 0 Å². The second-order valence-electron chi connectivity index (χ2n) is 4.95. The van der Waals surface area contributed by atoms with Gasteiger partial charge in [0.25, 0.3) is 0 Å². The number of carbonyl (C=O) groups excluding carboxylic acids is 1. The van der Waals surface area contributed by atoms with E-state index in [0.717, 1.165) is 16.2 Å². The normalized spacial score (nSPS) is 22.3. The molecule has 0 spiro atoms. The van der Waals surface area contributed by atoms with Crippen molar-refractivity contribution in [3.63, 3.8) is 0 Å². The largest absolute Gasteiger partial charge is 0.457 e. The molecule has 0 aliphatic carbocycles. The summed E-state index contributed by atoms with van der Waals surface area (Å²) in [5.41, 5.74) is 1.16. The molecule has 3 heterocycles. The zero-order valence-corrected chi connectivity index (χ0v) is 12.1. The number of carbonyl (C=O) groups is 1. The van der Waals surface area contributed by atoms with E-state index in [4.69, 9.17) is 14.2 Å². The standard InChI is InChI=1S/C14H15NO4S/c1-14(2)18-9-11(19-14)8-17-13(16)15-5-3-10-4-6-20-12(10)7-15/h3-5,7,9H,6,8H2,1-2H3. The first-order valence-corrected chi connectivity index (χ1v) is 7.26. The van der Waals surface area contributed by atoms with Crippen LogP contribution < -0.4 is 0 Å². The van der Waals surface area contributed by atoms with Gasteiger partial charge >= 0.3 is 6.09 Å². The first-order valence-electron chi connectivity index (χ1n) is 6.28.